The van der Waals surface area contributed by atoms with Gasteiger partial charge in [0.1, 0.15) is 5.75 Å². The minimum Gasteiger partial charge on any atom is -0.495 e. The molecular formula is C21H31N7O2. The Hall–Kier alpha value is -3.07. The van der Waals surface area contributed by atoms with Crippen molar-refractivity contribution in [1.29, 1.82) is 0 Å². The van der Waals surface area contributed by atoms with Crippen molar-refractivity contribution in [2.45, 2.75) is 46.4 Å². The molecule has 5 N–H and O–H groups in total. The standard InChI is InChI=1S/C21H31N7O2/c1-6-28-12-25-17-18(23-10-14-8-7-9-15(30-5)16(14)22)26-20(27-19(17)28)24-11-21(4,29)13(2)3/h7-9,12-13,29H,6,10-11,22H2,1-5H3,(H2,23,24,26,27). The van der Waals surface area contributed by atoms with Crippen LogP contribution in [0, 0.1) is 5.92 Å². The molecule has 2 heterocycles. The van der Waals surface area contributed by atoms with Crippen molar-refractivity contribution in [3.05, 3.63) is 30.1 Å². The van der Waals surface area contributed by atoms with Crippen LogP contribution in [0.3, 0.4) is 0 Å². The third kappa shape index (κ3) is 4.40. The molecule has 0 amide bonds. The fraction of sp³-hybridized carbons (Fsp3) is 0.476. The molecule has 0 bridgehead atoms. The Bertz CT molecular complexity index is 1010. The highest BCUT2D eigenvalue weighted by atomic mass is 16.5. The van der Waals surface area contributed by atoms with Crippen molar-refractivity contribution in [3.63, 3.8) is 0 Å². The SMILES string of the molecule is CCn1cnc2c(NCc3cccc(OC)c3N)nc(NCC(C)(O)C(C)C)nc21. The number of anilines is 3. The molecule has 1 aromatic carbocycles. The van der Waals surface area contributed by atoms with Gasteiger partial charge in [-0.1, -0.05) is 26.0 Å². The van der Waals surface area contributed by atoms with E-state index >= 15 is 0 Å². The molecule has 0 saturated heterocycles. The second-order valence-electron chi connectivity index (χ2n) is 7.85. The average molecular weight is 414 g/mol. The first kappa shape index (κ1) is 21.6. The lowest BCUT2D eigenvalue weighted by atomic mass is 9.93. The topological polar surface area (TPSA) is 123 Å². The molecule has 9 nitrogen and oxygen atoms in total. The highest BCUT2D eigenvalue weighted by Crippen LogP contribution is 2.27. The van der Waals surface area contributed by atoms with Crippen LogP contribution >= 0.6 is 0 Å². The first-order valence-electron chi connectivity index (χ1n) is 10.1. The van der Waals surface area contributed by atoms with Gasteiger partial charge in [0.15, 0.2) is 17.0 Å². The number of ether oxygens (including phenoxy) is 1. The molecule has 0 radical (unpaired) electrons. The summed E-state index contributed by atoms with van der Waals surface area (Å²) in [7, 11) is 1.60. The number of hydrogen-bond donors (Lipinski definition) is 4. The molecule has 0 aliphatic heterocycles. The summed E-state index contributed by atoms with van der Waals surface area (Å²) < 4.78 is 7.25. The fourth-order valence-corrected chi connectivity index (χ4v) is 2.94. The lowest BCUT2D eigenvalue weighted by Crippen LogP contribution is -2.39. The number of hydrogen-bond acceptors (Lipinski definition) is 8. The minimum atomic E-state index is -0.883. The van der Waals surface area contributed by atoms with Gasteiger partial charge in [-0.2, -0.15) is 9.97 Å². The van der Waals surface area contributed by atoms with Crippen molar-refractivity contribution in [3.8, 4) is 5.75 Å². The van der Waals surface area contributed by atoms with E-state index in [0.29, 0.717) is 41.8 Å². The molecule has 0 aliphatic carbocycles. The first-order chi connectivity index (χ1) is 14.3. The normalized spacial score (nSPS) is 13.4. The third-order valence-corrected chi connectivity index (χ3v) is 5.48. The van der Waals surface area contributed by atoms with E-state index in [1.165, 1.54) is 0 Å². The molecule has 9 heteroatoms. The van der Waals surface area contributed by atoms with Gasteiger partial charge in [0, 0.05) is 19.6 Å². The Morgan fingerprint density at radius 3 is 2.70 bits per heavy atom. The Labute approximate surface area is 176 Å². The zero-order valence-electron chi connectivity index (χ0n) is 18.2. The highest BCUT2D eigenvalue weighted by molar-refractivity contribution is 5.84. The largest absolute Gasteiger partial charge is 0.495 e. The number of imidazole rings is 1. The van der Waals surface area contributed by atoms with Gasteiger partial charge in [-0.3, -0.25) is 0 Å². The Balaban J connectivity index is 1.90. The Morgan fingerprint density at radius 1 is 1.27 bits per heavy atom. The molecule has 0 aliphatic rings. The molecule has 0 saturated carbocycles. The van der Waals surface area contributed by atoms with Gasteiger partial charge in [-0.15, -0.1) is 0 Å². The van der Waals surface area contributed by atoms with Crippen LogP contribution in [0.15, 0.2) is 24.5 Å². The van der Waals surface area contributed by atoms with Crippen LogP contribution in [-0.4, -0.2) is 43.9 Å². The van der Waals surface area contributed by atoms with E-state index in [1.807, 2.05) is 43.5 Å². The molecule has 3 aromatic rings. The van der Waals surface area contributed by atoms with Gasteiger partial charge in [0.25, 0.3) is 0 Å². The first-order valence-corrected chi connectivity index (χ1v) is 10.1. The Kier molecular flexibility index (Phi) is 6.31. The number of rotatable bonds is 9. The molecule has 162 valence electrons. The zero-order valence-corrected chi connectivity index (χ0v) is 18.2. The number of nitrogens with one attached hydrogen (secondary N) is 2. The van der Waals surface area contributed by atoms with E-state index in [4.69, 9.17) is 10.5 Å². The van der Waals surface area contributed by atoms with Crippen LogP contribution < -0.4 is 21.1 Å². The maximum atomic E-state index is 10.6. The number of aromatic nitrogens is 4. The molecular weight excluding hydrogens is 382 g/mol. The van der Waals surface area contributed by atoms with E-state index in [2.05, 4.69) is 25.6 Å². The average Bonchev–Trinajstić information content (AvgIpc) is 3.14. The summed E-state index contributed by atoms with van der Waals surface area (Å²) in [6, 6.07) is 5.66. The van der Waals surface area contributed by atoms with Crippen molar-refractivity contribution in [2.75, 3.05) is 30.0 Å². The molecule has 0 spiro atoms. The van der Waals surface area contributed by atoms with Gasteiger partial charge >= 0.3 is 0 Å². The molecule has 0 fully saturated rings. The maximum Gasteiger partial charge on any atom is 0.226 e. The molecule has 1 unspecified atom stereocenters. The molecule has 2 aromatic heterocycles. The molecule has 1 atom stereocenters. The van der Waals surface area contributed by atoms with Gasteiger partial charge in [-0.05, 0) is 31.4 Å². The van der Waals surface area contributed by atoms with Crippen LogP contribution in [0.1, 0.15) is 33.3 Å². The summed E-state index contributed by atoms with van der Waals surface area (Å²) in [5.41, 5.74) is 8.19. The number of nitrogens with two attached hydrogens (primary N) is 1. The number of fused-ring (bicyclic) bond motifs is 1. The van der Waals surface area contributed by atoms with Crippen LogP contribution in [0.25, 0.3) is 11.2 Å². The van der Waals surface area contributed by atoms with Crippen molar-refractivity contribution >= 4 is 28.6 Å². The fourth-order valence-electron chi connectivity index (χ4n) is 2.94. The van der Waals surface area contributed by atoms with Crippen LogP contribution in [0.5, 0.6) is 5.75 Å². The molecule has 30 heavy (non-hydrogen) atoms. The Morgan fingerprint density at radius 2 is 2.03 bits per heavy atom. The number of para-hydroxylation sites is 1. The predicted octanol–water partition coefficient (Wildman–Crippen LogP) is 2.87. The summed E-state index contributed by atoms with van der Waals surface area (Å²) >= 11 is 0. The van der Waals surface area contributed by atoms with Gasteiger partial charge < -0.3 is 30.8 Å². The zero-order chi connectivity index (χ0) is 21.9. The van der Waals surface area contributed by atoms with Gasteiger partial charge in [0.2, 0.25) is 5.95 Å². The maximum absolute atomic E-state index is 10.6. The van der Waals surface area contributed by atoms with E-state index in [-0.39, 0.29) is 5.92 Å². The summed E-state index contributed by atoms with van der Waals surface area (Å²) in [6.45, 7) is 9.30. The lowest BCUT2D eigenvalue weighted by molar-refractivity contribution is 0.0265. The monoisotopic (exact) mass is 413 g/mol. The lowest BCUT2D eigenvalue weighted by Gasteiger charge is -2.27. The van der Waals surface area contributed by atoms with Crippen molar-refractivity contribution in [2.24, 2.45) is 5.92 Å². The summed E-state index contributed by atoms with van der Waals surface area (Å²) in [5.74, 6) is 1.75. The number of nitrogens with zero attached hydrogens (tertiary/aromatic N) is 4. The molecule has 3 rings (SSSR count). The van der Waals surface area contributed by atoms with Crippen LogP contribution in [-0.2, 0) is 13.1 Å². The second kappa shape index (κ2) is 8.74. The predicted molar refractivity (Wildman–Crippen MR) is 120 cm³/mol. The summed E-state index contributed by atoms with van der Waals surface area (Å²) in [6.07, 6.45) is 1.75. The number of nitrogen functional groups attached to an aromatic ring is 1. The van der Waals surface area contributed by atoms with E-state index in [1.54, 1.807) is 20.4 Å². The van der Waals surface area contributed by atoms with Gasteiger partial charge in [0.05, 0.1) is 24.7 Å². The summed E-state index contributed by atoms with van der Waals surface area (Å²) in [4.78, 5) is 13.7. The number of methoxy groups -OCH3 is 1. The summed E-state index contributed by atoms with van der Waals surface area (Å²) in [5, 5.41) is 17.0. The van der Waals surface area contributed by atoms with E-state index < -0.39 is 5.60 Å². The quantitative estimate of drug-likeness (QED) is 0.395. The number of aliphatic hydroxyl groups is 1. The van der Waals surface area contributed by atoms with Crippen LogP contribution in [0.4, 0.5) is 17.5 Å². The van der Waals surface area contributed by atoms with Crippen molar-refractivity contribution in [1.82, 2.24) is 19.5 Å². The minimum absolute atomic E-state index is 0.0866. The number of aryl methyl sites for hydroxylation is 1. The third-order valence-electron chi connectivity index (χ3n) is 5.48. The van der Waals surface area contributed by atoms with Crippen molar-refractivity contribution < 1.29 is 9.84 Å². The van der Waals surface area contributed by atoms with E-state index in [9.17, 15) is 5.11 Å². The van der Waals surface area contributed by atoms with E-state index in [0.717, 1.165) is 17.8 Å². The van der Waals surface area contributed by atoms with Gasteiger partial charge in [-0.25, -0.2) is 4.98 Å². The smallest absolute Gasteiger partial charge is 0.226 e. The van der Waals surface area contributed by atoms with Crippen LogP contribution in [0.2, 0.25) is 0 Å². The number of benzene rings is 1. The second-order valence-corrected chi connectivity index (χ2v) is 7.85. The highest BCUT2D eigenvalue weighted by Gasteiger charge is 2.25.